The number of rotatable bonds is 4. The molecule has 0 saturated heterocycles. The largest absolute Gasteiger partial charge is 0.310 e. The number of pyridine rings is 2. The molecule has 2 aromatic heterocycles. The van der Waals surface area contributed by atoms with Gasteiger partial charge >= 0.3 is 0 Å². The van der Waals surface area contributed by atoms with Gasteiger partial charge in [-0.05, 0) is 132 Å². The summed E-state index contributed by atoms with van der Waals surface area (Å²) in [6.45, 7) is 4.86. The topological polar surface area (TPSA) is 29.0 Å². The molecule has 0 bridgehead atoms. The standard InChI is InChI=1S/C63H43N3/c1-61(2)52-31-15-16-32-53(52)63(57-37-48-47-27-11-14-30-51(47)62(55(48)38-56(57)61)49-28-12-9-25-45(49)46-26-10-13-29-50(46)62)54-33-18-34-64-59(54)60-58(63)36-41(39-65-60)40-19-17-24-44(35-40)66(42-20-5-3-6-21-42)43-22-7-4-8-23-43/h3-39H,1-2H3. The fourth-order valence-corrected chi connectivity index (χ4v) is 12.8. The maximum Gasteiger partial charge on any atom is 0.0937 e. The van der Waals surface area contributed by atoms with E-state index in [0.717, 1.165) is 39.6 Å². The Labute approximate surface area is 385 Å². The van der Waals surface area contributed by atoms with E-state index in [1.807, 2.05) is 6.20 Å². The van der Waals surface area contributed by atoms with Crippen LogP contribution in [-0.4, -0.2) is 9.97 Å². The Morgan fingerprint density at radius 2 is 0.833 bits per heavy atom. The van der Waals surface area contributed by atoms with E-state index in [1.54, 1.807) is 0 Å². The van der Waals surface area contributed by atoms with E-state index in [0.29, 0.717) is 0 Å². The zero-order chi connectivity index (χ0) is 43.8. The summed E-state index contributed by atoms with van der Waals surface area (Å²) < 4.78 is 0. The monoisotopic (exact) mass is 841 g/mol. The molecule has 0 aliphatic heterocycles. The van der Waals surface area contributed by atoms with Gasteiger partial charge in [-0.1, -0.05) is 172 Å². The molecule has 0 saturated carbocycles. The molecule has 0 fully saturated rings. The third-order valence-electron chi connectivity index (χ3n) is 15.4. The average Bonchev–Trinajstić information content (AvgIpc) is 3.96. The summed E-state index contributed by atoms with van der Waals surface area (Å²) in [6, 6.07) is 78.8. The zero-order valence-corrected chi connectivity index (χ0v) is 36.7. The van der Waals surface area contributed by atoms with Crippen LogP contribution in [0.4, 0.5) is 17.1 Å². The number of nitrogens with zero attached hydrogens (tertiary/aromatic N) is 3. The van der Waals surface area contributed by atoms with Gasteiger partial charge in [0.1, 0.15) is 0 Å². The summed E-state index contributed by atoms with van der Waals surface area (Å²) in [4.78, 5) is 13.0. The first kappa shape index (κ1) is 37.3. The van der Waals surface area contributed by atoms with Gasteiger partial charge in [-0.25, -0.2) is 0 Å². The maximum atomic E-state index is 5.44. The summed E-state index contributed by atoms with van der Waals surface area (Å²) in [7, 11) is 0. The number of aromatic nitrogens is 2. The molecule has 14 rings (SSSR count). The molecule has 2 spiro atoms. The highest BCUT2D eigenvalue weighted by Gasteiger charge is 2.57. The molecule has 8 aromatic carbocycles. The van der Waals surface area contributed by atoms with Gasteiger partial charge in [0.05, 0.1) is 22.2 Å². The lowest BCUT2D eigenvalue weighted by Crippen LogP contribution is -2.41. The molecule has 4 aliphatic rings. The lowest BCUT2D eigenvalue weighted by molar-refractivity contribution is 0.561. The Hall–Kier alpha value is -8.14. The fourth-order valence-electron chi connectivity index (χ4n) is 12.8. The van der Waals surface area contributed by atoms with E-state index in [2.05, 4.69) is 237 Å². The van der Waals surface area contributed by atoms with Crippen LogP contribution in [0.25, 0.3) is 44.8 Å². The number of fused-ring (bicyclic) bond motifs is 19. The highest BCUT2D eigenvalue weighted by molar-refractivity contribution is 5.97. The van der Waals surface area contributed by atoms with Crippen molar-refractivity contribution in [1.29, 1.82) is 0 Å². The smallest absolute Gasteiger partial charge is 0.0937 e. The lowest BCUT2D eigenvalue weighted by Gasteiger charge is -2.47. The highest BCUT2D eigenvalue weighted by Crippen LogP contribution is 2.67. The van der Waals surface area contributed by atoms with E-state index in [4.69, 9.17) is 9.97 Å². The molecule has 3 heteroatoms. The summed E-state index contributed by atoms with van der Waals surface area (Å²) in [6.07, 6.45) is 3.99. The number of hydrogen-bond donors (Lipinski definition) is 0. The van der Waals surface area contributed by atoms with Crippen molar-refractivity contribution in [1.82, 2.24) is 9.97 Å². The van der Waals surface area contributed by atoms with Crippen LogP contribution >= 0.6 is 0 Å². The van der Waals surface area contributed by atoms with E-state index in [1.165, 1.54) is 77.9 Å². The molecule has 0 N–H and O–H groups in total. The van der Waals surface area contributed by atoms with Crippen LogP contribution in [0, 0.1) is 0 Å². The van der Waals surface area contributed by atoms with Crippen molar-refractivity contribution < 1.29 is 0 Å². The van der Waals surface area contributed by atoms with Gasteiger partial charge in [-0.15, -0.1) is 0 Å². The summed E-state index contributed by atoms with van der Waals surface area (Å²) in [5.41, 5.74) is 24.1. The Bertz CT molecular complexity index is 3560. The van der Waals surface area contributed by atoms with Gasteiger partial charge in [-0.2, -0.15) is 0 Å². The molecule has 3 nitrogen and oxygen atoms in total. The highest BCUT2D eigenvalue weighted by atomic mass is 15.1. The van der Waals surface area contributed by atoms with Crippen LogP contribution in [0.15, 0.2) is 225 Å². The van der Waals surface area contributed by atoms with Gasteiger partial charge in [0.15, 0.2) is 0 Å². The minimum atomic E-state index is -0.688. The van der Waals surface area contributed by atoms with Crippen molar-refractivity contribution in [3.8, 4) is 44.8 Å². The van der Waals surface area contributed by atoms with Gasteiger partial charge < -0.3 is 4.90 Å². The third-order valence-corrected chi connectivity index (χ3v) is 15.4. The first-order valence-corrected chi connectivity index (χ1v) is 23.1. The van der Waals surface area contributed by atoms with Crippen LogP contribution in [0.2, 0.25) is 0 Å². The van der Waals surface area contributed by atoms with Crippen molar-refractivity contribution in [2.45, 2.75) is 30.1 Å². The van der Waals surface area contributed by atoms with Crippen molar-refractivity contribution in [2.24, 2.45) is 0 Å². The molecule has 4 aliphatic carbocycles. The average molecular weight is 842 g/mol. The van der Waals surface area contributed by atoms with E-state index in [-0.39, 0.29) is 5.41 Å². The number of anilines is 3. The van der Waals surface area contributed by atoms with Crippen molar-refractivity contribution in [3.63, 3.8) is 0 Å². The van der Waals surface area contributed by atoms with Crippen LogP contribution in [0.1, 0.15) is 69.5 Å². The summed E-state index contributed by atoms with van der Waals surface area (Å²) >= 11 is 0. The first-order chi connectivity index (χ1) is 32.5. The Morgan fingerprint density at radius 1 is 0.318 bits per heavy atom. The van der Waals surface area contributed by atoms with Gasteiger partial charge in [0.25, 0.3) is 0 Å². The van der Waals surface area contributed by atoms with Gasteiger partial charge in [0, 0.05) is 46.0 Å². The predicted molar refractivity (Wildman–Crippen MR) is 268 cm³/mol. The fraction of sp³-hybridized carbons (Fsp3) is 0.0794. The van der Waals surface area contributed by atoms with Crippen LogP contribution in [0.5, 0.6) is 0 Å². The normalized spacial score (nSPS) is 16.6. The molecule has 10 aromatic rings. The quantitative estimate of drug-likeness (QED) is 0.177. The van der Waals surface area contributed by atoms with Crippen molar-refractivity contribution >= 4 is 17.1 Å². The first-order valence-electron chi connectivity index (χ1n) is 23.1. The third kappa shape index (κ3) is 4.66. The van der Waals surface area contributed by atoms with E-state index >= 15 is 0 Å². The predicted octanol–water partition coefficient (Wildman–Crippen LogP) is 15.0. The molecule has 66 heavy (non-hydrogen) atoms. The van der Waals surface area contributed by atoms with Crippen LogP contribution in [-0.2, 0) is 16.2 Å². The van der Waals surface area contributed by atoms with Crippen molar-refractivity contribution in [3.05, 3.63) is 280 Å². The minimum Gasteiger partial charge on any atom is -0.310 e. The minimum absolute atomic E-state index is 0.331. The van der Waals surface area contributed by atoms with Crippen molar-refractivity contribution in [2.75, 3.05) is 4.90 Å². The van der Waals surface area contributed by atoms with E-state index < -0.39 is 10.8 Å². The van der Waals surface area contributed by atoms with Crippen LogP contribution in [0.3, 0.4) is 0 Å². The number of benzene rings is 8. The molecule has 0 amide bonds. The second-order valence-corrected chi connectivity index (χ2v) is 18.8. The van der Waals surface area contributed by atoms with Crippen LogP contribution < -0.4 is 4.90 Å². The number of hydrogen-bond acceptors (Lipinski definition) is 3. The molecular weight excluding hydrogens is 799 g/mol. The molecule has 310 valence electrons. The maximum absolute atomic E-state index is 5.44. The molecular formula is C63H43N3. The van der Waals surface area contributed by atoms with Gasteiger partial charge in [-0.3, -0.25) is 9.97 Å². The summed E-state index contributed by atoms with van der Waals surface area (Å²) in [5, 5.41) is 0. The lowest BCUT2D eigenvalue weighted by atomic mass is 9.55. The Kier molecular flexibility index (Phi) is 7.59. The molecule has 0 radical (unpaired) electrons. The summed E-state index contributed by atoms with van der Waals surface area (Å²) in [5.74, 6) is 0. The Balaban J connectivity index is 1.05. The molecule has 2 heterocycles. The van der Waals surface area contributed by atoms with E-state index in [9.17, 15) is 0 Å². The van der Waals surface area contributed by atoms with Gasteiger partial charge in [0.2, 0.25) is 0 Å². The second kappa shape index (κ2) is 13.4. The SMILES string of the molecule is CC1(C)c2ccccc2C2(c3cc4c(cc31)C1(c3ccccc3-c3ccccc31)c1ccccc1-4)c1cccnc1-c1ncc(-c3cccc(N(c4ccccc4)c4ccccc4)c3)cc12. The Morgan fingerprint density at radius 3 is 1.48 bits per heavy atom. The zero-order valence-electron chi connectivity index (χ0n) is 36.7. The molecule has 1 atom stereocenters. The second-order valence-electron chi connectivity index (χ2n) is 18.8. The molecule has 1 unspecified atom stereocenters. The number of para-hydroxylation sites is 2.